The number of hydrogen-bond donors (Lipinski definition) is 3. The van der Waals surface area contributed by atoms with Gasteiger partial charge in [-0.1, -0.05) is 29.8 Å². The number of H-pyrrole nitrogens is 1. The van der Waals surface area contributed by atoms with Crippen molar-refractivity contribution >= 4 is 49.8 Å². The zero-order valence-electron chi connectivity index (χ0n) is 18.5. The summed E-state index contributed by atoms with van der Waals surface area (Å²) in [5.74, 6) is -0.260. The average molecular weight is 504 g/mol. The molecule has 0 radical (unpaired) electrons. The lowest BCUT2D eigenvalue weighted by Gasteiger charge is -2.41. The van der Waals surface area contributed by atoms with Crippen LogP contribution in [0.1, 0.15) is 25.7 Å². The van der Waals surface area contributed by atoms with Gasteiger partial charge in [-0.2, -0.15) is 0 Å². The zero-order chi connectivity index (χ0) is 23.8. The number of carbonyl (C=O) groups excluding carboxylic acids is 1. The number of rotatable bonds is 5. The molecule has 34 heavy (non-hydrogen) atoms. The second-order valence-corrected chi connectivity index (χ2v) is 10.9. The van der Waals surface area contributed by atoms with Crippen LogP contribution in [0, 0.1) is 5.92 Å². The van der Waals surface area contributed by atoms with Crippen LogP contribution in [0.2, 0.25) is 5.02 Å². The Bertz CT molecular complexity index is 1310. The Balaban J connectivity index is 1.27. The third kappa shape index (κ3) is 4.65. The number of fused-ring (bicyclic) bond motifs is 1. The van der Waals surface area contributed by atoms with Gasteiger partial charge in [0.1, 0.15) is 0 Å². The minimum atomic E-state index is -3.89. The first-order valence-electron chi connectivity index (χ1n) is 11.3. The van der Waals surface area contributed by atoms with Crippen molar-refractivity contribution in [3.63, 3.8) is 0 Å². The van der Waals surface area contributed by atoms with Gasteiger partial charge in [-0.05, 0) is 49.9 Å². The van der Waals surface area contributed by atoms with Crippen LogP contribution in [0.4, 0.5) is 11.4 Å². The minimum Gasteiger partial charge on any atom is -0.376 e. The maximum absolute atomic E-state index is 13.1. The van der Waals surface area contributed by atoms with Crippen LogP contribution >= 0.6 is 11.6 Å². The normalized spacial score (nSPS) is 23.1. The molecule has 0 atom stereocenters. The highest BCUT2D eigenvalue weighted by molar-refractivity contribution is 7.92. The molecule has 2 aromatic carbocycles. The second kappa shape index (κ2) is 9.22. The average Bonchev–Trinajstić information content (AvgIpc) is 3.22. The van der Waals surface area contributed by atoms with E-state index in [2.05, 4.69) is 15.0 Å². The lowest BCUT2D eigenvalue weighted by molar-refractivity contribution is -0.175. The molecule has 1 amide bonds. The summed E-state index contributed by atoms with van der Waals surface area (Å²) in [6.45, 7) is 1.79. The van der Waals surface area contributed by atoms with E-state index in [1.165, 1.54) is 12.1 Å². The van der Waals surface area contributed by atoms with E-state index in [-0.39, 0.29) is 22.3 Å². The number of sulfonamides is 1. The van der Waals surface area contributed by atoms with Crippen LogP contribution in [-0.2, 0) is 24.3 Å². The molecule has 2 heterocycles. The molecule has 3 N–H and O–H groups in total. The van der Waals surface area contributed by atoms with Crippen molar-refractivity contribution in [3.05, 3.63) is 53.7 Å². The predicted octanol–water partition coefficient (Wildman–Crippen LogP) is 4.54. The topological polar surface area (TPSA) is 110 Å². The highest BCUT2D eigenvalue weighted by Crippen LogP contribution is 2.37. The Hall–Kier alpha value is -2.59. The van der Waals surface area contributed by atoms with Crippen molar-refractivity contribution in [1.29, 1.82) is 0 Å². The number of para-hydroxylation sites is 1. The summed E-state index contributed by atoms with van der Waals surface area (Å²) < 4.78 is 40.3. The van der Waals surface area contributed by atoms with Gasteiger partial charge in [-0.25, -0.2) is 8.42 Å². The van der Waals surface area contributed by atoms with Crippen LogP contribution < -0.4 is 10.0 Å². The number of anilines is 2. The number of carbonyl (C=O) groups is 1. The molecule has 1 aliphatic carbocycles. The Morgan fingerprint density at radius 2 is 1.91 bits per heavy atom. The quantitative estimate of drug-likeness (QED) is 0.473. The standard InChI is InChI=1S/C24H26ClN3O5S/c25-20-14-26-22-19(20)5-2-6-21(22)28-34(30,31)18-4-1-3-17(13-18)27-23(29)16-7-9-24(10-8-16)15-32-11-12-33-24/h1-6,13-14,16,26,28H,7-12,15H2,(H,27,29). The molecule has 180 valence electrons. The highest BCUT2D eigenvalue weighted by atomic mass is 35.5. The van der Waals surface area contributed by atoms with Crippen molar-refractivity contribution in [2.75, 3.05) is 29.9 Å². The number of benzene rings is 2. The van der Waals surface area contributed by atoms with Gasteiger partial charge >= 0.3 is 0 Å². The van der Waals surface area contributed by atoms with Crippen LogP contribution in [0.25, 0.3) is 10.9 Å². The van der Waals surface area contributed by atoms with Crippen molar-refractivity contribution in [2.45, 2.75) is 36.2 Å². The molecule has 10 heteroatoms. The fraction of sp³-hybridized carbons (Fsp3) is 0.375. The molecular weight excluding hydrogens is 478 g/mol. The number of hydrogen-bond acceptors (Lipinski definition) is 5. The zero-order valence-corrected chi connectivity index (χ0v) is 20.0. The molecule has 1 saturated carbocycles. The van der Waals surface area contributed by atoms with E-state index in [4.69, 9.17) is 21.1 Å². The fourth-order valence-corrected chi connectivity index (χ4v) is 6.04. The first kappa shape index (κ1) is 23.2. The summed E-state index contributed by atoms with van der Waals surface area (Å²) in [5.41, 5.74) is 1.17. The van der Waals surface area contributed by atoms with Crippen LogP contribution in [0.5, 0.6) is 0 Å². The third-order valence-corrected chi connectivity index (χ3v) is 8.27. The van der Waals surface area contributed by atoms with Gasteiger partial charge in [0.05, 0.1) is 46.5 Å². The van der Waals surface area contributed by atoms with Crippen LogP contribution in [-0.4, -0.2) is 44.7 Å². The van der Waals surface area contributed by atoms with E-state index in [0.717, 1.165) is 18.2 Å². The summed E-state index contributed by atoms with van der Waals surface area (Å²) in [6.07, 6.45) is 4.57. The summed E-state index contributed by atoms with van der Waals surface area (Å²) in [4.78, 5) is 15.9. The molecule has 1 aromatic heterocycles. The number of halogens is 1. The smallest absolute Gasteiger partial charge is 0.262 e. The van der Waals surface area contributed by atoms with E-state index in [0.29, 0.717) is 54.6 Å². The largest absolute Gasteiger partial charge is 0.376 e. The number of amides is 1. The SMILES string of the molecule is O=C(Nc1cccc(S(=O)(=O)Nc2cccc3c(Cl)c[nH]c23)c1)C1CCC2(CC1)COCCO2. The number of aromatic amines is 1. The lowest BCUT2D eigenvalue weighted by Crippen LogP contribution is -2.47. The van der Waals surface area contributed by atoms with Gasteiger partial charge in [0.2, 0.25) is 5.91 Å². The number of aromatic nitrogens is 1. The monoisotopic (exact) mass is 503 g/mol. The van der Waals surface area contributed by atoms with Crippen molar-refractivity contribution in [2.24, 2.45) is 5.92 Å². The second-order valence-electron chi connectivity index (χ2n) is 8.85. The molecule has 2 fully saturated rings. The molecule has 0 bridgehead atoms. The predicted molar refractivity (Wildman–Crippen MR) is 131 cm³/mol. The maximum atomic E-state index is 13.1. The molecule has 8 nitrogen and oxygen atoms in total. The molecular formula is C24H26ClN3O5S. The summed E-state index contributed by atoms with van der Waals surface area (Å²) >= 11 is 6.15. The first-order chi connectivity index (χ1) is 16.4. The molecule has 1 aliphatic heterocycles. The molecule has 1 saturated heterocycles. The van der Waals surface area contributed by atoms with E-state index < -0.39 is 10.0 Å². The van der Waals surface area contributed by atoms with Crippen molar-refractivity contribution in [3.8, 4) is 0 Å². The molecule has 5 rings (SSSR count). The Labute approximate surface area is 203 Å². The fourth-order valence-electron chi connectivity index (χ4n) is 4.71. The third-order valence-electron chi connectivity index (χ3n) is 6.59. The van der Waals surface area contributed by atoms with Gasteiger partial charge in [-0.3, -0.25) is 9.52 Å². The maximum Gasteiger partial charge on any atom is 0.262 e. The minimum absolute atomic E-state index is 0.0512. The van der Waals surface area contributed by atoms with Crippen LogP contribution in [0.15, 0.2) is 53.6 Å². The van der Waals surface area contributed by atoms with Crippen molar-refractivity contribution in [1.82, 2.24) is 4.98 Å². The Morgan fingerprint density at radius 1 is 1.12 bits per heavy atom. The van der Waals surface area contributed by atoms with E-state index in [1.807, 2.05) is 6.07 Å². The summed E-state index contributed by atoms with van der Waals surface area (Å²) in [7, 11) is -3.89. The van der Waals surface area contributed by atoms with Crippen LogP contribution in [0.3, 0.4) is 0 Å². The van der Waals surface area contributed by atoms with Gasteiger partial charge < -0.3 is 19.8 Å². The summed E-state index contributed by atoms with van der Waals surface area (Å²) in [5, 5.41) is 4.12. The van der Waals surface area contributed by atoms with Gasteiger partial charge in [0, 0.05) is 23.2 Å². The number of nitrogens with one attached hydrogen (secondary N) is 3. The molecule has 3 aromatic rings. The van der Waals surface area contributed by atoms with Crippen molar-refractivity contribution < 1.29 is 22.7 Å². The molecule has 2 aliphatic rings. The van der Waals surface area contributed by atoms with Gasteiger partial charge in [0.15, 0.2) is 0 Å². The van der Waals surface area contributed by atoms with E-state index in [9.17, 15) is 13.2 Å². The Kier molecular flexibility index (Phi) is 6.28. The van der Waals surface area contributed by atoms with Gasteiger partial charge in [-0.15, -0.1) is 0 Å². The Morgan fingerprint density at radius 3 is 2.68 bits per heavy atom. The van der Waals surface area contributed by atoms with E-state index in [1.54, 1.807) is 30.5 Å². The molecule has 1 spiro atoms. The highest BCUT2D eigenvalue weighted by Gasteiger charge is 2.40. The van der Waals surface area contributed by atoms with E-state index >= 15 is 0 Å². The first-order valence-corrected chi connectivity index (χ1v) is 13.1. The summed E-state index contributed by atoms with van der Waals surface area (Å²) in [6, 6.07) is 11.5. The number of ether oxygens (including phenoxy) is 2. The lowest BCUT2D eigenvalue weighted by atomic mass is 9.78. The van der Waals surface area contributed by atoms with Gasteiger partial charge in [0.25, 0.3) is 10.0 Å². The molecule has 0 unspecified atom stereocenters.